The molecule has 0 aliphatic heterocycles. The fourth-order valence-electron chi connectivity index (χ4n) is 2.99. The third-order valence-corrected chi connectivity index (χ3v) is 3.90. The molecular formula is C12H26N2. The minimum atomic E-state index is 0.453. The molecule has 1 unspecified atom stereocenters. The average Bonchev–Trinajstić information content (AvgIpc) is 2.31. The van der Waals surface area contributed by atoms with Crippen LogP contribution in [0.5, 0.6) is 0 Å². The van der Waals surface area contributed by atoms with Crippen molar-refractivity contribution in [2.24, 2.45) is 11.1 Å². The second kappa shape index (κ2) is 5.13. The number of nitrogens with two attached hydrogens (primary N) is 1. The lowest BCUT2D eigenvalue weighted by Gasteiger charge is -2.40. The highest BCUT2D eigenvalue weighted by atomic mass is 15.1. The molecule has 84 valence electrons. The summed E-state index contributed by atoms with van der Waals surface area (Å²) < 4.78 is 0. The fraction of sp³-hybridized carbons (Fsp3) is 1.00. The van der Waals surface area contributed by atoms with E-state index in [4.69, 9.17) is 5.73 Å². The summed E-state index contributed by atoms with van der Waals surface area (Å²) in [6.07, 6.45) is 8.32. The second-order valence-corrected chi connectivity index (χ2v) is 5.28. The van der Waals surface area contributed by atoms with E-state index in [0.717, 1.165) is 6.54 Å². The van der Waals surface area contributed by atoms with Crippen LogP contribution >= 0.6 is 0 Å². The Morgan fingerprint density at radius 2 is 1.64 bits per heavy atom. The molecule has 0 spiro atoms. The van der Waals surface area contributed by atoms with E-state index in [-0.39, 0.29) is 0 Å². The molecule has 1 rings (SSSR count). The van der Waals surface area contributed by atoms with Crippen LogP contribution in [0.3, 0.4) is 0 Å². The number of hydrogen-bond acceptors (Lipinski definition) is 2. The van der Waals surface area contributed by atoms with Gasteiger partial charge < -0.3 is 10.6 Å². The maximum absolute atomic E-state index is 5.90. The number of hydrogen-bond donors (Lipinski definition) is 1. The van der Waals surface area contributed by atoms with Gasteiger partial charge in [-0.2, -0.15) is 0 Å². The molecule has 1 atom stereocenters. The van der Waals surface area contributed by atoms with Gasteiger partial charge >= 0.3 is 0 Å². The zero-order valence-electron chi connectivity index (χ0n) is 10.1. The molecule has 0 aromatic rings. The number of likely N-dealkylation sites (N-methyl/N-ethyl adjacent to an activating group) is 1. The van der Waals surface area contributed by atoms with Gasteiger partial charge in [0.05, 0.1) is 0 Å². The Morgan fingerprint density at radius 1 is 1.14 bits per heavy atom. The smallest absolute Gasteiger partial charge is 0.0266 e. The average molecular weight is 198 g/mol. The summed E-state index contributed by atoms with van der Waals surface area (Å²) >= 11 is 0. The molecule has 2 heteroatoms. The van der Waals surface area contributed by atoms with E-state index < -0.39 is 0 Å². The number of nitrogens with zero attached hydrogens (tertiary/aromatic N) is 1. The Morgan fingerprint density at radius 3 is 2.00 bits per heavy atom. The molecule has 1 fully saturated rings. The first kappa shape index (κ1) is 12.0. The molecule has 0 bridgehead atoms. The van der Waals surface area contributed by atoms with Gasteiger partial charge in [0.15, 0.2) is 0 Å². The highest BCUT2D eigenvalue weighted by Crippen LogP contribution is 2.38. The van der Waals surface area contributed by atoms with E-state index in [9.17, 15) is 0 Å². The van der Waals surface area contributed by atoms with Crippen LogP contribution in [0.1, 0.15) is 45.4 Å². The molecule has 0 radical (unpaired) electrons. The normalized spacial score (nSPS) is 24.6. The first-order valence-electron chi connectivity index (χ1n) is 5.96. The summed E-state index contributed by atoms with van der Waals surface area (Å²) in [4.78, 5) is 2.31. The molecule has 2 N–H and O–H groups in total. The molecule has 1 aliphatic carbocycles. The van der Waals surface area contributed by atoms with Gasteiger partial charge in [0.25, 0.3) is 0 Å². The van der Waals surface area contributed by atoms with Gasteiger partial charge in [-0.25, -0.2) is 0 Å². The largest absolute Gasteiger partial charge is 0.329 e. The quantitative estimate of drug-likeness (QED) is 0.705. The Hall–Kier alpha value is -0.0800. The maximum atomic E-state index is 5.90. The summed E-state index contributed by atoms with van der Waals surface area (Å²) in [6.45, 7) is 3.22. The van der Waals surface area contributed by atoms with Gasteiger partial charge in [-0.15, -0.1) is 0 Å². The van der Waals surface area contributed by atoms with Crippen LogP contribution in [0.2, 0.25) is 0 Å². The first-order valence-corrected chi connectivity index (χ1v) is 5.96. The highest BCUT2D eigenvalue weighted by molar-refractivity contribution is 4.89. The molecule has 0 aromatic heterocycles. The van der Waals surface area contributed by atoms with Gasteiger partial charge in [0, 0.05) is 12.6 Å². The van der Waals surface area contributed by atoms with Crippen molar-refractivity contribution in [2.45, 2.75) is 51.5 Å². The Balaban J connectivity index is 2.67. The lowest BCUT2D eigenvalue weighted by atomic mass is 9.75. The van der Waals surface area contributed by atoms with Gasteiger partial charge in [-0.3, -0.25) is 0 Å². The Labute approximate surface area is 88.8 Å². The van der Waals surface area contributed by atoms with Crippen LogP contribution in [0, 0.1) is 5.41 Å². The summed E-state index contributed by atoms with van der Waals surface area (Å²) in [7, 11) is 4.32. The van der Waals surface area contributed by atoms with Crippen molar-refractivity contribution in [2.75, 3.05) is 20.6 Å². The summed E-state index contributed by atoms with van der Waals surface area (Å²) in [5.41, 5.74) is 6.35. The van der Waals surface area contributed by atoms with Crippen molar-refractivity contribution >= 4 is 0 Å². The molecular weight excluding hydrogens is 172 g/mol. The monoisotopic (exact) mass is 198 g/mol. The standard InChI is InChI=1S/C12H26N2/c1-12(11(10-13)14(2)3)8-6-4-5-7-9-12/h11H,4-10,13H2,1-3H3. The summed E-state index contributed by atoms with van der Waals surface area (Å²) in [5.74, 6) is 0. The van der Waals surface area contributed by atoms with Crippen molar-refractivity contribution in [3.05, 3.63) is 0 Å². The second-order valence-electron chi connectivity index (χ2n) is 5.28. The highest BCUT2D eigenvalue weighted by Gasteiger charge is 2.34. The lowest BCUT2D eigenvalue weighted by molar-refractivity contribution is 0.106. The summed E-state index contributed by atoms with van der Waals surface area (Å²) in [6, 6.07) is 0.556. The van der Waals surface area contributed by atoms with Crippen molar-refractivity contribution < 1.29 is 0 Å². The minimum absolute atomic E-state index is 0.453. The van der Waals surface area contributed by atoms with Crippen LogP contribution in [-0.2, 0) is 0 Å². The SMILES string of the molecule is CN(C)C(CN)C1(C)CCCCCC1. The van der Waals surface area contributed by atoms with Gasteiger partial charge in [0.1, 0.15) is 0 Å². The zero-order valence-corrected chi connectivity index (χ0v) is 10.1. The molecule has 0 aromatic carbocycles. The minimum Gasteiger partial charge on any atom is -0.329 e. The third kappa shape index (κ3) is 2.71. The third-order valence-electron chi connectivity index (χ3n) is 3.90. The van der Waals surface area contributed by atoms with E-state index in [1.165, 1.54) is 38.5 Å². The van der Waals surface area contributed by atoms with E-state index in [2.05, 4.69) is 25.9 Å². The van der Waals surface area contributed by atoms with Crippen LogP contribution < -0.4 is 5.73 Å². The molecule has 0 amide bonds. The lowest BCUT2D eigenvalue weighted by Crippen LogP contribution is -2.47. The zero-order chi connectivity index (χ0) is 10.6. The van der Waals surface area contributed by atoms with Crippen molar-refractivity contribution in [3.8, 4) is 0 Å². The topological polar surface area (TPSA) is 29.3 Å². The van der Waals surface area contributed by atoms with Crippen molar-refractivity contribution in [3.63, 3.8) is 0 Å². The summed E-state index contributed by atoms with van der Waals surface area (Å²) in [5, 5.41) is 0. The predicted octanol–water partition coefficient (Wildman–Crippen LogP) is 2.24. The Kier molecular flexibility index (Phi) is 4.39. The van der Waals surface area contributed by atoms with Crippen molar-refractivity contribution in [1.82, 2.24) is 4.90 Å². The molecule has 0 saturated heterocycles. The van der Waals surface area contributed by atoms with Gasteiger partial charge in [-0.05, 0) is 32.4 Å². The fourth-order valence-corrected chi connectivity index (χ4v) is 2.99. The van der Waals surface area contributed by atoms with Crippen LogP contribution in [0.15, 0.2) is 0 Å². The van der Waals surface area contributed by atoms with E-state index in [1.54, 1.807) is 0 Å². The van der Waals surface area contributed by atoms with Gasteiger partial charge in [-0.1, -0.05) is 32.6 Å². The molecule has 1 saturated carbocycles. The Bertz CT molecular complexity index is 158. The number of rotatable bonds is 3. The van der Waals surface area contributed by atoms with E-state index >= 15 is 0 Å². The maximum Gasteiger partial charge on any atom is 0.0266 e. The predicted molar refractivity (Wildman–Crippen MR) is 62.3 cm³/mol. The van der Waals surface area contributed by atoms with Crippen molar-refractivity contribution in [1.29, 1.82) is 0 Å². The molecule has 14 heavy (non-hydrogen) atoms. The molecule has 1 aliphatic rings. The van der Waals surface area contributed by atoms with E-state index in [1.807, 2.05) is 0 Å². The first-order chi connectivity index (χ1) is 6.60. The molecule has 0 heterocycles. The van der Waals surface area contributed by atoms with Crippen LogP contribution in [-0.4, -0.2) is 31.6 Å². The van der Waals surface area contributed by atoms with Gasteiger partial charge in [0.2, 0.25) is 0 Å². The van der Waals surface area contributed by atoms with Crippen LogP contribution in [0.25, 0.3) is 0 Å². The van der Waals surface area contributed by atoms with Crippen LogP contribution in [0.4, 0.5) is 0 Å². The molecule has 2 nitrogen and oxygen atoms in total. The van der Waals surface area contributed by atoms with E-state index in [0.29, 0.717) is 11.5 Å².